The standard InChI is InChI=1S/C14H20N4O3/c1-11(19)15-16-14(21)10-17-6-8-18(9-7-17)12-4-2-3-5-13(12)20/h2-5,20H,6-10H2,1H3,(H,15,19)(H,16,21)/p+1. The Morgan fingerprint density at radius 1 is 1.24 bits per heavy atom. The third-order valence-electron chi connectivity index (χ3n) is 3.48. The van der Waals surface area contributed by atoms with Crippen molar-refractivity contribution in [2.75, 3.05) is 37.6 Å². The molecule has 4 N–H and O–H groups in total. The Labute approximate surface area is 123 Å². The first-order valence-electron chi connectivity index (χ1n) is 6.98. The number of hydrogen-bond donors (Lipinski definition) is 4. The van der Waals surface area contributed by atoms with E-state index in [-0.39, 0.29) is 17.6 Å². The molecule has 0 atom stereocenters. The third-order valence-corrected chi connectivity index (χ3v) is 3.48. The molecule has 2 amide bonds. The molecule has 2 rings (SSSR count). The number of nitrogens with zero attached hydrogens (tertiary/aromatic N) is 1. The summed E-state index contributed by atoms with van der Waals surface area (Å²) < 4.78 is 0. The van der Waals surface area contributed by atoms with Crippen molar-refractivity contribution >= 4 is 17.5 Å². The van der Waals surface area contributed by atoms with Crippen molar-refractivity contribution in [2.24, 2.45) is 0 Å². The predicted octanol–water partition coefficient (Wildman–Crippen LogP) is -1.74. The minimum atomic E-state index is -0.289. The van der Waals surface area contributed by atoms with Crippen LogP contribution in [-0.2, 0) is 9.59 Å². The number of benzene rings is 1. The van der Waals surface area contributed by atoms with Gasteiger partial charge in [0.1, 0.15) is 5.75 Å². The van der Waals surface area contributed by atoms with E-state index >= 15 is 0 Å². The molecule has 7 heteroatoms. The number of phenols is 1. The van der Waals surface area contributed by atoms with Crippen LogP contribution in [0.3, 0.4) is 0 Å². The molecule has 1 heterocycles. The minimum Gasteiger partial charge on any atom is -0.506 e. The number of para-hydroxylation sites is 2. The first-order chi connectivity index (χ1) is 10.1. The molecule has 1 fully saturated rings. The SMILES string of the molecule is CC(=O)NNC(=O)C[NH+]1CCN(c2ccccc2O)CC1. The number of carbonyl (C=O) groups excluding carboxylic acids is 2. The molecule has 1 aromatic rings. The Morgan fingerprint density at radius 3 is 2.52 bits per heavy atom. The molecular formula is C14H21N4O3+. The molecule has 0 unspecified atom stereocenters. The summed E-state index contributed by atoms with van der Waals surface area (Å²) in [6, 6.07) is 7.26. The zero-order valence-corrected chi connectivity index (χ0v) is 12.1. The summed E-state index contributed by atoms with van der Waals surface area (Å²) >= 11 is 0. The molecule has 1 aromatic carbocycles. The number of quaternary nitrogens is 1. The van der Waals surface area contributed by atoms with Gasteiger partial charge < -0.3 is 14.9 Å². The molecule has 0 radical (unpaired) electrons. The largest absolute Gasteiger partial charge is 0.506 e. The molecule has 0 aromatic heterocycles. The van der Waals surface area contributed by atoms with E-state index in [1.54, 1.807) is 12.1 Å². The lowest BCUT2D eigenvalue weighted by Crippen LogP contribution is -3.16. The quantitative estimate of drug-likeness (QED) is 0.499. The molecule has 0 bridgehead atoms. The van der Waals surface area contributed by atoms with Crippen LogP contribution in [0.5, 0.6) is 5.75 Å². The van der Waals surface area contributed by atoms with E-state index in [1.807, 2.05) is 12.1 Å². The number of aromatic hydroxyl groups is 1. The summed E-state index contributed by atoms with van der Waals surface area (Å²) in [5, 5.41) is 9.84. The van der Waals surface area contributed by atoms with Crippen LogP contribution in [0.15, 0.2) is 24.3 Å². The van der Waals surface area contributed by atoms with E-state index in [2.05, 4.69) is 15.8 Å². The second kappa shape index (κ2) is 6.94. The van der Waals surface area contributed by atoms with E-state index < -0.39 is 0 Å². The normalized spacial score (nSPS) is 15.6. The van der Waals surface area contributed by atoms with Crippen molar-refractivity contribution in [1.82, 2.24) is 10.9 Å². The fourth-order valence-electron chi connectivity index (χ4n) is 2.40. The molecule has 0 spiro atoms. The summed E-state index contributed by atoms with van der Waals surface area (Å²) in [5.74, 6) is -0.205. The van der Waals surface area contributed by atoms with Crippen molar-refractivity contribution in [3.8, 4) is 5.75 Å². The fraction of sp³-hybridized carbons (Fsp3) is 0.429. The van der Waals surface area contributed by atoms with Gasteiger partial charge in [-0.1, -0.05) is 12.1 Å². The van der Waals surface area contributed by atoms with Crippen molar-refractivity contribution < 1.29 is 19.6 Å². The number of amides is 2. The molecule has 0 saturated carbocycles. The van der Waals surface area contributed by atoms with Crippen LogP contribution in [0, 0.1) is 0 Å². The van der Waals surface area contributed by atoms with Crippen molar-refractivity contribution in [3.63, 3.8) is 0 Å². The lowest BCUT2D eigenvalue weighted by atomic mass is 10.2. The highest BCUT2D eigenvalue weighted by molar-refractivity contribution is 5.81. The number of piperazine rings is 1. The summed E-state index contributed by atoms with van der Waals surface area (Å²) in [6.07, 6.45) is 0. The summed E-state index contributed by atoms with van der Waals surface area (Å²) in [6.45, 7) is 4.84. The molecule has 1 aliphatic heterocycles. The van der Waals surface area contributed by atoms with Gasteiger partial charge in [-0.05, 0) is 12.1 Å². The van der Waals surface area contributed by atoms with E-state index in [9.17, 15) is 14.7 Å². The Kier molecular flexibility index (Phi) is 4.99. The zero-order valence-electron chi connectivity index (χ0n) is 12.1. The monoisotopic (exact) mass is 293 g/mol. The van der Waals surface area contributed by atoms with Gasteiger partial charge in [-0.2, -0.15) is 0 Å². The first kappa shape index (κ1) is 15.1. The predicted molar refractivity (Wildman–Crippen MR) is 77.8 cm³/mol. The van der Waals surface area contributed by atoms with Gasteiger partial charge in [-0.3, -0.25) is 20.4 Å². The van der Waals surface area contributed by atoms with E-state index in [1.165, 1.54) is 6.92 Å². The lowest BCUT2D eigenvalue weighted by Gasteiger charge is -2.33. The van der Waals surface area contributed by atoms with Gasteiger partial charge in [0, 0.05) is 6.92 Å². The smallest absolute Gasteiger partial charge is 0.293 e. The van der Waals surface area contributed by atoms with Crippen molar-refractivity contribution in [1.29, 1.82) is 0 Å². The van der Waals surface area contributed by atoms with Gasteiger partial charge in [-0.15, -0.1) is 0 Å². The van der Waals surface area contributed by atoms with Crippen LogP contribution in [0.25, 0.3) is 0 Å². The number of anilines is 1. The highest BCUT2D eigenvalue weighted by atomic mass is 16.3. The molecule has 0 aliphatic carbocycles. The van der Waals surface area contributed by atoms with Crippen LogP contribution in [-0.4, -0.2) is 49.6 Å². The number of carbonyl (C=O) groups is 2. The topological polar surface area (TPSA) is 86.1 Å². The highest BCUT2D eigenvalue weighted by Crippen LogP contribution is 2.25. The lowest BCUT2D eigenvalue weighted by molar-refractivity contribution is -0.892. The fourth-order valence-corrected chi connectivity index (χ4v) is 2.40. The van der Waals surface area contributed by atoms with Crippen molar-refractivity contribution in [2.45, 2.75) is 6.92 Å². The maximum Gasteiger partial charge on any atom is 0.293 e. The first-order valence-corrected chi connectivity index (χ1v) is 6.98. The second-order valence-corrected chi connectivity index (χ2v) is 5.13. The Balaban J connectivity index is 1.79. The van der Waals surface area contributed by atoms with E-state index in [4.69, 9.17) is 0 Å². The Bertz CT molecular complexity index is 513. The molecule has 21 heavy (non-hydrogen) atoms. The van der Waals surface area contributed by atoms with Crippen LogP contribution in [0.4, 0.5) is 5.69 Å². The van der Waals surface area contributed by atoms with Gasteiger partial charge in [0.25, 0.3) is 5.91 Å². The number of rotatable bonds is 3. The Hall–Kier alpha value is -2.28. The number of hydrazine groups is 1. The third kappa shape index (κ3) is 4.35. The number of nitrogens with one attached hydrogen (secondary N) is 3. The summed E-state index contributed by atoms with van der Waals surface area (Å²) in [7, 11) is 0. The van der Waals surface area contributed by atoms with Crippen LogP contribution >= 0.6 is 0 Å². The molecule has 114 valence electrons. The van der Waals surface area contributed by atoms with Gasteiger partial charge in [0.2, 0.25) is 5.91 Å². The van der Waals surface area contributed by atoms with Crippen molar-refractivity contribution in [3.05, 3.63) is 24.3 Å². The average Bonchev–Trinajstić information content (AvgIpc) is 2.47. The second-order valence-electron chi connectivity index (χ2n) is 5.13. The van der Waals surface area contributed by atoms with Crippen LogP contribution in [0.1, 0.15) is 6.92 Å². The van der Waals surface area contributed by atoms with Gasteiger partial charge >= 0.3 is 0 Å². The zero-order chi connectivity index (χ0) is 15.2. The highest BCUT2D eigenvalue weighted by Gasteiger charge is 2.23. The number of phenolic OH excluding ortho intramolecular Hbond substituents is 1. The van der Waals surface area contributed by atoms with Gasteiger partial charge in [0.15, 0.2) is 6.54 Å². The molecule has 1 saturated heterocycles. The van der Waals surface area contributed by atoms with Crippen LogP contribution in [0.2, 0.25) is 0 Å². The van der Waals surface area contributed by atoms with Gasteiger partial charge in [0.05, 0.1) is 31.9 Å². The number of hydrogen-bond acceptors (Lipinski definition) is 4. The summed E-state index contributed by atoms with van der Waals surface area (Å²) in [4.78, 5) is 25.6. The van der Waals surface area contributed by atoms with Crippen LogP contribution < -0.4 is 20.7 Å². The van der Waals surface area contributed by atoms with E-state index in [0.29, 0.717) is 6.54 Å². The minimum absolute atomic E-state index is 0.198. The van der Waals surface area contributed by atoms with Gasteiger partial charge in [-0.25, -0.2) is 0 Å². The maximum atomic E-state index is 11.6. The Morgan fingerprint density at radius 2 is 1.90 bits per heavy atom. The maximum absolute atomic E-state index is 11.6. The molecule has 1 aliphatic rings. The molecule has 7 nitrogen and oxygen atoms in total. The summed E-state index contributed by atoms with van der Waals surface area (Å²) in [5.41, 5.74) is 5.48. The average molecular weight is 293 g/mol. The van der Waals surface area contributed by atoms with E-state index in [0.717, 1.165) is 36.8 Å². The molecular weight excluding hydrogens is 272 g/mol.